The molecule has 156 valence electrons. The highest BCUT2D eigenvalue weighted by Crippen LogP contribution is 2.49. The Kier molecular flexibility index (Phi) is 5.48. The lowest BCUT2D eigenvalue weighted by atomic mass is 9.74. The number of nitrogens with zero attached hydrogens (tertiary/aromatic N) is 2. The van der Waals surface area contributed by atoms with E-state index < -0.39 is 0 Å². The summed E-state index contributed by atoms with van der Waals surface area (Å²) in [6.07, 6.45) is 1.31. The molecule has 0 spiro atoms. The fraction of sp³-hybridized carbons (Fsp3) is 0.538. The van der Waals surface area contributed by atoms with Crippen LogP contribution in [-0.2, 0) is 6.54 Å². The highest BCUT2D eigenvalue weighted by Gasteiger charge is 2.53. The summed E-state index contributed by atoms with van der Waals surface area (Å²) < 4.78 is 5.33. The summed E-state index contributed by atoms with van der Waals surface area (Å²) in [5, 5.41) is 0. The molecule has 0 amide bonds. The average molecular weight is 393 g/mol. The van der Waals surface area contributed by atoms with Crippen molar-refractivity contribution in [3.63, 3.8) is 0 Å². The van der Waals surface area contributed by atoms with Gasteiger partial charge in [0.15, 0.2) is 0 Å². The van der Waals surface area contributed by atoms with Crippen LogP contribution in [0.1, 0.15) is 69.7 Å². The first kappa shape index (κ1) is 20.4. The summed E-state index contributed by atoms with van der Waals surface area (Å²) >= 11 is 0. The zero-order chi connectivity index (χ0) is 20.8. The number of hydrogen-bond donors (Lipinski definition) is 0. The van der Waals surface area contributed by atoms with Crippen LogP contribution in [0.2, 0.25) is 0 Å². The average Bonchev–Trinajstić information content (AvgIpc) is 2.71. The second kappa shape index (κ2) is 7.77. The van der Waals surface area contributed by atoms with Gasteiger partial charge >= 0.3 is 0 Å². The Morgan fingerprint density at radius 2 is 1.72 bits per heavy atom. The minimum Gasteiger partial charge on any atom is -0.497 e. The number of piperazine rings is 1. The van der Waals surface area contributed by atoms with Crippen molar-refractivity contribution in [2.24, 2.45) is 0 Å². The molecule has 3 aliphatic heterocycles. The topological polar surface area (TPSA) is 15.7 Å². The summed E-state index contributed by atoms with van der Waals surface area (Å²) in [4.78, 5) is 5.50. The molecular formula is C26H36N2O. The minimum absolute atomic E-state index is 0.165. The van der Waals surface area contributed by atoms with Gasteiger partial charge in [-0.3, -0.25) is 9.80 Å². The summed E-state index contributed by atoms with van der Waals surface area (Å²) in [5.41, 5.74) is 4.57. The Labute approximate surface area is 176 Å². The van der Waals surface area contributed by atoms with Crippen LogP contribution in [0.25, 0.3) is 0 Å². The Balaban J connectivity index is 1.65. The molecule has 3 aliphatic rings. The quantitative estimate of drug-likeness (QED) is 0.657. The summed E-state index contributed by atoms with van der Waals surface area (Å²) in [6.45, 7) is 13.9. The Bertz CT molecular complexity index is 837. The predicted molar refractivity (Wildman–Crippen MR) is 120 cm³/mol. The molecule has 2 aromatic carbocycles. The van der Waals surface area contributed by atoms with Gasteiger partial charge in [0.25, 0.3) is 0 Å². The van der Waals surface area contributed by atoms with E-state index in [4.69, 9.17) is 4.74 Å². The number of piperidine rings is 1. The van der Waals surface area contributed by atoms with Gasteiger partial charge in [0.05, 0.1) is 13.2 Å². The maximum Gasteiger partial charge on any atom is 0.118 e. The summed E-state index contributed by atoms with van der Waals surface area (Å²) in [5.74, 6) is 1.47. The second-order valence-corrected chi connectivity index (χ2v) is 10.0. The van der Waals surface area contributed by atoms with E-state index >= 15 is 0 Å². The fourth-order valence-corrected chi connectivity index (χ4v) is 5.28. The van der Waals surface area contributed by atoms with Gasteiger partial charge in [-0.25, -0.2) is 0 Å². The standard InChI is InChI=1S/C26H36N2O/c1-18(2)22-9-7-8-10-23(22)25-24-15-20(17-28(25)26(3,4)5)27(24)16-19-11-13-21(29-6)14-12-19/h7-14,18,20,24-25H,15-17H2,1-6H3. The summed E-state index contributed by atoms with van der Waals surface area (Å²) in [6, 6.07) is 19.4. The predicted octanol–water partition coefficient (Wildman–Crippen LogP) is 5.62. The van der Waals surface area contributed by atoms with Crippen LogP contribution in [0, 0.1) is 0 Å². The smallest absolute Gasteiger partial charge is 0.118 e. The number of benzene rings is 2. The van der Waals surface area contributed by atoms with Gasteiger partial charge in [-0.1, -0.05) is 50.2 Å². The van der Waals surface area contributed by atoms with E-state index in [0.717, 1.165) is 18.8 Å². The molecule has 3 heterocycles. The maximum atomic E-state index is 5.33. The van der Waals surface area contributed by atoms with Crippen molar-refractivity contribution < 1.29 is 4.74 Å². The maximum absolute atomic E-state index is 5.33. The Hall–Kier alpha value is -1.84. The first-order valence-electron chi connectivity index (χ1n) is 11.0. The van der Waals surface area contributed by atoms with Crippen LogP contribution in [0.3, 0.4) is 0 Å². The molecule has 3 nitrogen and oxygen atoms in total. The first-order valence-corrected chi connectivity index (χ1v) is 11.0. The molecule has 0 radical (unpaired) electrons. The SMILES string of the molecule is COc1ccc(CN2C3CC2C(c2ccccc2C(C)C)N(C(C)(C)C)C3)cc1. The van der Waals surface area contributed by atoms with E-state index in [1.807, 2.05) is 0 Å². The largest absolute Gasteiger partial charge is 0.497 e. The van der Waals surface area contributed by atoms with Crippen LogP contribution < -0.4 is 4.74 Å². The van der Waals surface area contributed by atoms with Crippen LogP contribution in [-0.4, -0.2) is 41.1 Å². The van der Waals surface area contributed by atoms with Gasteiger partial charge in [0.1, 0.15) is 5.75 Å². The van der Waals surface area contributed by atoms with E-state index in [0.29, 0.717) is 24.0 Å². The molecule has 0 N–H and O–H groups in total. The zero-order valence-electron chi connectivity index (χ0n) is 18.9. The number of hydrogen-bond acceptors (Lipinski definition) is 3. The molecule has 0 saturated carbocycles. The van der Waals surface area contributed by atoms with Gasteiger partial charge in [-0.05, 0) is 61.9 Å². The van der Waals surface area contributed by atoms with Crippen molar-refractivity contribution in [1.82, 2.24) is 9.80 Å². The molecule has 2 bridgehead atoms. The number of ether oxygens (including phenoxy) is 1. The first-order chi connectivity index (χ1) is 13.8. The van der Waals surface area contributed by atoms with Gasteiger partial charge in [-0.15, -0.1) is 0 Å². The summed E-state index contributed by atoms with van der Waals surface area (Å²) in [7, 11) is 1.73. The van der Waals surface area contributed by atoms with Crippen LogP contribution >= 0.6 is 0 Å². The van der Waals surface area contributed by atoms with Crippen LogP contribution in [0.4, 0.5) is 0 Å². The lowest BCUT2D eigenvalue weighted by molar-refractivity contribution is -0.141. The normalized spacial score (nSPS) is 25.1. The zero-order valence-corrected chi connectivity index (χ0v) is 18.9. The fourth-order valence-electron chi connectivity index (χ4n) is 5.28. The minimum atomic E-state index is 0.165. The van der Waals surface area contributed by atoms with Crippen molar-refractivity contribution in [1.29, 1.82) is 0 Å². The molecule has 3 heteroatoms. The lowest BCUT2D eigenvalue weighted by Gasteiger charge is -2.64. The third-order valence-corrected chi connectivity index (χ3v) is 6.84. The number of fused-ring (bicyclic) bond motifs is 2. The van der Waals surface area contributed by atoms with E-state index in [2.05, 4.69) is 92.9 Å². The lowest BCUT2D eigenvalue weighted by Crippen LogP contribution is -2.71. The van der Waals surface area contributed by atoms with Gasteiger partial charge < -0.3 is 4.74 Å². The molecule has 3 saturated heterocycles. The van der Waals surface area contributed by atoms with Crippen LogP contribution in [0.5, 0.6) is 5.75 Å². The monoisotopic (exact) mass is 392 g/mol. The molecule has 3 fully saturated rings. The van der Waals surface area contributed by atoms with E-state index in [1.165, 1.54) is 23.1 Å². The third-order valence-electron chi connectivity index (χ3n) is 6.84. The third kappa shape index (κ3) is 3.83. The van der Waals surface area contributed by atoms with Crippen molar-refractivity contribution in [3.8, 4) is 5.75 Å². The van der Waals surface area contributed by atoms with Gasteiger partial charge in [0.2, 0.25) is 0 Å². The Morgan fingerprint density at radius 1 is 1.03 bits per heavy atom. The van der Waals surface area contributed by atoms with E-state index in [-0.39, 0.29) is 5.54 Å². The molecule has 3 unspecified atom stereocenters. The number of rotatable bonds is 5. The molecule has 0 aliphatic carbocycles. The van der Waals surface area contributed by atoms with E-state index in [1.54, 1.807) is 7.11 Å². The van der Waals surface area contributed by atoms with Crippen molar-refractivity contribution in [2.75, 3.05) is 13.7 Å². The van der Waals surface area contributed by atoms with Crippen LogP contribution in [0.15, 0.2) is 48.5 Å². The molecule has 5 rings (SSSR count). The highest BCUT2D eigenvalue weighted by molar-refractivity contribution is 5.36. The molecule has 2 aromatic rings. The second-order valence-electron chi connectivity index (χ2n) is 10.0. The Morgan fingerprint density at radius 3 is 2.34 bits per heavy atom. The van der Waals surface area contributed by atoms with Crippen molar-refractivity contribution >= 4 is 0 Å². The molecule has 3 atom stereocenters. The van der Waals surface area contributed by atoms with Crippen molar-refractivity contribution in [3.05, 3.63) is 65.2 Å². The van der Waals surface area contributed by atoms with Gasteiger partial charge in [0, 0.05) is 30.7 Å². The van der Waals surface area contributed by atoms with E-state index in [9.17, 15) is 0 Å². The van der Waals surface area contributed by atoms with Gasteiger partial charge in [-0.2, -0.15) is 0 Å². The highest BCUT2D eigenvalue weighted by atomic mass is 16.5. The molecule has 0 aromatic heterocycles. The van der Waals surface area contributed by atoms with Crippen molar-refractivity contribution in [2.45, 2.75) is 77.2 Å². The number of methoxy groups -OCH3 is 1. The molecule has 29 heavy (non-hydrogen) atoms. The molecular weight excluding hydrogens is 356 g/mol.